The summed E-state index contributed by atoms with van der Waals surface area (Å²) in [5.74, 6) is -2.95. The van der Waals surface area contributed by atoms with E-state index >= 15 is 0 Å². The Morgan fingerprint density at radius 3 is 2.50 bits per heavy atom. The van der Waals surface area contributed by atoms with Crippen molar-refractivity contribution in [1.82, 2.24) is 0 Å². The third kappa shape index (κ3) is 1.87. The van der Waals surface area contributed by atoms with Gasteiger partial charge in [0.25, 0.3) is 0 Å². The molecule has 16 heavy (non-hydrogen) atoms. The lowest BCUT2D eigenvalue weighted by Crippen LogP contribution is -2.23. The SMILES string of the molecule is [B]c1c(C)c(F)c(C(=O)OCC)c(N)c1F. The zero-order valence-corrected chi connectivity index (χ0v) is 8.93. The van der Waals surface area contributed by atoms with Crippen LogP contribution < -0.4 is 11.2 Å². The van der Waals surface area contributed by atoms with Crippen LogP contribution in [0.3, 0.4) is 0 Å². The van der Waals surface area contributed by atoms with Gasteiger partial charge in [0, 0.05) is 0 Å². The first-order valence-electron chi connectivity index (χ1n) is 4.61. The number of benzene rings is 1. The summed E-state index contributed by atoms with van der Waals surface area (Å²) >= 11 is 0. The molecule has 2 N–H and O–H groups in total. The Kier molecular flexibility index (Phi) is 3.52. The van der Waals surface area contributed by atoms with E-state index in [-0.39, 0.29) is 12.2 Å². The van der Waals surface area contributed by atoms with Crippen LogP contribution in [0.25, 0.3) is 0 Å². The topological polar surface area (TPSA) is 52.3 Å². The van der Waals surface area contributed by atoms with Crippen LogP contribution in [-0.2, 0) is 4.74 Å². The maximum atomic E-state index is 13.6. The number of rotatable bonds is 2. The number of esters is 1. The normalized spacial score (nSPS) is 10.2. The van der Waals surface area contributed by atoms with E-state index < -0.39 is 34.3 Å². The molecule has 0 fully saturated rings. The maximum Gasteiger partial charge on any atom is 0.343 e. The van der Waals surface area contributed by atoms with Crippen molar-refractivity contribution in [3.63, 3.8) is 0 Å². The first-order chi connectivity index (χ1) is 7.41. The molecule has 0 aromatic heterocycles. The van der Waals surface area contributed by atoms with Crippen LogP contribution in [0.2, 0.25) is 0 Å². The van der Waals surface area contributed by atoms with Gasteiger partial charge in [-0.05, 0) is 19.4 Å². The van der Waals surface area contributed by atoms with E-state index in [1.54, 1.807) is 6.92 Å². The molecule has 1 aromatic carbocycles. The van der Waals surface area contributed by atoms with E-state index in [0.29, 0.717) is 0 Å². The van der Waals surface area contributed by atoms with Gasteiger partial charge in [-0.25, -0.2) is 13.6 Å². The van der Waals surface area contributed by atoms with E-state index in [4.69, 9.17) is 13.6 Å². The van der Waals surface area contributed by atoms with Crippen molar-refractivity contribution in [2.45, 2.75) is 13.8 Å². The van der Waals surface area contributed by atoms with Crippen molar-refractivity contribution < 1.29 is 18.3 Å². The first kappa shape index (κ1) is 12.5. The van der Waals surface area contributed by atoms with Crippen LogP contribution in [0.4, 0.5) is 14.5 Å². The zero-order valence-electron chi connectivity index (χ0n) is 8.93. The second kappa shape index (κ2) is 4.51. The van der Waals surface area contributed by atoms with E-state index in [0.717, 1.165) is 0 Å². The molecule has 1 rings (SSSR count). The van der Waals surface area contributed by atoms with Crippen molar-refractivity contribution in [3.05, 3.63) is 22.8 Å². The molecule has 0 aliphatic rings. The Bertz CT molecular complexity index is 420. The Morgan fingerprint density at radius 2 is 2.00 bits per heavy atom. The Morgan fingerprint density at radius 1 is 1.44 bits per heavy atom. The summed E-state index contributed by atoms with van der Waals surface area (Å²) in [6.07, 6.45) is 0. The molecule has 2 radical (unpaired) electrons. The molecule has 6 heteroatoms. The largest absolute Gasteiger partial charge is 0.462 e. The molecule has 0 saturated carbocycles. The molecule has 3 nitrogen and oxygen atoms in total. The molecule has 0 aliphatic heterocycles. The van der Waals surface area contributed by atoms with Gasteiger partial charge in [0.05, 0.1) is 12.3 Å². The minimum Gasteiger partial charge on any atom is -0.462 e. The molecule has 0 spiro atoms. The number of hydrogen-bond acceptors (Lipinski definition) is 3. The lowest BCUT2D eigenvalue weighted by atomic mass is 9.87. The van der Waals surface area contributed by atoms with Gasteiger partial charge >= 0.3 is 5.97 Å². The number of anilines is 1. The number of carbonyl (C=O) groups is 1. The van der Waals surface area contributed by atoms with E-state index in [2.05, 4.69) is 4.74 Å². The van der Waals surface area contributed by atoms with Crippen LogP contribution in [0.15, 0.2) is 0 Å². The minimum atomic E-state index is -1.00. The molecule has 0 bridgehead atoms. The van der Waals surface area contributed by atoms with Gasteiger partial charge in [-0.1, -0.05) is 5.46 Å². The molecule has 1 aromatic rings. The predicted molar refractivity (Wildman–Crippen MR) is 56.9 cm³/mol. The summed E-state index contributed by atoms with van der Waals surface area (Å²) in [5, 5.41) is 0. The van der Waals surface area contributed by atoms with Gasteiger partial charge in [-0.3, -0.25) is 0 Å². The fourth-order valence-corrected chi connectivity index (χ4v) is 1.25. The minimum absolute atomic E-state index is 0.0444. The average molecular weight is 225 g/mol. The molecule has 0 atom stereocenters. The fourth-order valence-electron chi connectivity index (χ4n) is 1.25. The number of hydrogen-bond donors (Lipinski definition) is 1. The van der Waals surface area contributed by atoms with Crippen LogP contribution in [0.1, 0.15) is 22.8 Å². The van der Waals surface area contributed by atoms with Crippen LogP contribution in [0.5, 0.6) is 0 Å². The van der Waals surface area contributed by atoms with Gasteiger partial charge in [-0.15, -0.1) is 0 Å². The van der Waals surface area contributed by atoms with Crippen molar-refractivity contribution in [3.8, 4) is 0 Å². The first-order valence-corrected chi connectivity index (χ1v) is 4.61. The third-order valence-corrected chi connectivity index (χ3v) is 2.17. The predicted octanol–water partition coefficient (Wildman–Crippen LogP) is 0.826. The molecule has 0 unspecified atom stereocenters. The summed E-state index contributed by atoms with van der Waals surface area (Å²) in [5.41, 5.74) is 3.50. The van der Waals surface area contributed by atoms with Crippen molar-refractivity contribution in [2.24, 2.45) is 0 Å². The Hall–Kier alpha value is -1.59. The zero-order chi connectivity index (χ0) is 12.5. The van der Waals surface area contributed by atoms with Crippen molar-refractivity contribution in [1.29, 1.82) is 0 Å². The second-order valence-electron chi connectivity index (χ2n) is 3.18. The van der Waals surface area contributed by atoms with E-state index in [1.165, 1.54) is 6.92 Å². The molecule has 84 valence electrons. The number of halogens is 2. The van der Waals surface area contributed by atoms with E-state index in [9.17, 15) is 13.6 Å². The van der Waals surface area contributed by atoms with Crippen LogP contribution in [0, 0.1) is 18.6 Å². The number of ether oxygens (including phenoxy) is 1. The van der Waals surface area contributed by atoms with Gasteiger partial charge in [-0.2, -0.15) is 0 Å². The lowest BCUT2D eigenvalue weighted by Gasteiger charge is -2.12. The average Bonchev–Trinajstić information content (AvgIpc) is 2.24. The summed E-state index contributed by atoms with van der Waals surface area (Å²) < 4.78 is 31.6. The molecule has 0 aliphatic carbocycles. The number of nitrogens with two attached hydrogens (primary N) is 1. The third-order valence-electron chi connectivity index (χ3n) is 2.17. The van der Waals surface area contributed by atoms with Gasteiger partial charge in [0.15, 0.2) is 0 Å². The van der Waals surface area contributed by atoms with Crippen LogP contribution in [-0.4, -0.2) is 20.4 Å². The summed E-state index contributed by atoms with van der Waals surface area (Å²) in [4.78, 5) is 11.4. The van der Waals surface area contributed by atoms with Gasteiger partial charge in [0.2, 0.25) is 0 Å². The quantitative estimate of drug-likeness (QED) is 0.460. The molecule has 0 saturated heterocycles. The van der Waals surface area contributed by atoms with Crippen molar-refractivity contribution in [2.75, 3.05) is 12.3 Å². The standard InChI is InChI=1S/C10H10BF2NO2/c1-3-16-10(15)5-7(12)4(2)6(11)8(13)9(5)14/h3,14H2,1-2H3. The Balaban J connectivity index is 3.45. The van der Waals surface area contributed by atoms with E-state index in [1.807, 2.05) is 0 Å². The summed E-state index contributed by atoms with van der Waals surface area (Å²) in [6.45, 7) is 2.85. The van der Waals surface area contributed by atoms with Crippen molar-refractivity contribution >= 4 is 25.0 Å². The van der Waals surface area contributed by atoms with Gasteiger partial charge in [0.1, 0.15) is 25.0 Å². The Labute approximate surface area is 93.0 Å². The molecular weight excluding hydrogens is 215 g/mol. The number of nitrogen functional groups attached to an aromatic ring is 1. The molecular formula is C10H10BF2NO2. The molecule has 0 amide bonds. The second-order valence-corrected chi connectivity index (χ2v) is 3.18. The highest BCUT2D eigenvalue weighted by molar-refractivity contribution is 6.34. The monoisotopic (exact) mass is 225 g/mol. The van der Waals surface area contributed by atoms with Gasteiger partial charge < -0.3 is 10.5 Å². The molecule has 0 heterocycles. The summed E-state index contributed by atoms with van der Waals surface area (Å²) in [7, 11) is 5.28. The number of carbonyl (C=O) groups excluding carboxylic acids is 1. The maximum absolute atomic E-state index is 13.6. The highest BCUT2D eigenvalue weighted by Gasteiger charge is 2.23. The summed E-state index contributed by atoms with van der Waals surface area (Å²) in [6, 6.07) is 0. The highest BCUT2D eigenvalue weighted by Crippen LogP contribution is 2.22. The smallest absolute Gasteiger partial charge is 0.343 e. The lowest BCUT2D eigenvalue weighted by molar-refractivity contribution is 0.0521. The highest BCUT2D eigenvalue weighted by atomic mass is 19.1. The van der Waals surface area contributed by atoms with Crippen LogP contribution >= 0.6 is 0 Å². The fraction of sp³-hybridized carbons (Fsp3) is 0.300.